The predicted octanol–water partition coefficient (Wildman–Crippen LogP) is 1.67. The Morgan fingerprint density at radius 3 is 2.72 bits per heavy atom. The van der Waals surface area contributed by atoms with Crippen LogP contribution in [0.5, 0.6) is 0 Å². The van der Waals surface area contributed by atoms with Gasteiger partial charge in [-0.1, -0.05) is 6.08 Å². The highest BCUT2D eigenvalue weighted by Gasteiger charge is 2.10. The van der Waals surface area contributed by atoms with Gasteiger partial charge in [0.1, 0.15) is 5.82 Å². The smallest absolute Gasteiger partial charge is 0.220 e. The Morgan fingerprint density at radius 1 is 1.39 bits per heavy atom. The number of carbonyl (C=O) groups is 2. The molecule has 0 saturated heterocycles. The SMILES string of the molecule is C=CCNC(=O)CCC(=O)c1ccc(F)c(N)c1. The highest BCUT2D eigenvalue weighted by Crippen LogP contribution is 2.14. The maximum atomic E-state index is 12.9. The third-order valence-corrected chi connectivity index (χ3v) is 2.34. The van der Waals surface area contributed by atoms with Crippen molar-refractivity contribution in [3.63, 3.8) is 0 Å². The number of hydrogen-bond donors (Lipinski definition) is 2. The molecule has 0 aliphatic rings. The first-order valence-corrected chi connectivity index (χ1v) is 5.50. The first-order chi connectivity index (χ1) is 8.54. The summed E-state index contributed by atoms with van der Waals surface area (Å²) in [6.45, 7) is 3.83. The van der Waals surface area contributed by atoms with E-state index in [4.69, 9.17) is 5.73 Å². The van der Waals surface area contributed by atoms with Crippen LogP contribution in [0.4, 0.5) is 10.1 Å². The molecule has 0 spiro atoms. The van der Waals surface area contributed by atoms with Crippen LogP contribution in [0.2, 0.25) is 0 Å². The molecule has 96 valence electrons. The monoisotopic (exact) mass is 250 g/mol. The summed E-state index contributed by atoms with van der Waals surface area (Å²) in [4.78, 5) is 23.0. The van der Waals surface area contributed by atoms with Crippen molar-refractivity contribution in [3.05, 3.63) is 42.2 Å². The van der Waals surface area contributed by atoms with Gasteiger partial charge in [-0.3, -0.25) is 9.59 Å². The van der Waals surface area contributed by atoms with Crippen LogP contribution in [-0.2, 0) is 4.79 Å². The van der Waals surface area contributed by atoms with E-state index in [9.17, 15) is 14.0 Å². The maximum Gasteiger partial charge on any atom is 0.220 e. The summed E-state index contributed by atoms with van der Waals surface area (Å²) in [6, 6.07) is 3.77. The standard InChI is InChI=1S/C13H15FN2O2/c1-2-7-16-13(18)6-5-12(17)9-3-4-10(14)11(15)8-9/h2-4,8H,1,5-7,15H2,(H,16,18). The van der Waals surface area contributed by atoms with Crippen LogP contribution < -0.4 is 11.1 Å². The van der Waals surface area contributed by atoms with Crippen molar-refractivity contribution in [2.75, 3.05) is 12.3 Å². The average molecular weight is 250 g/mol. The average Bonchev–Trinajstić information content (AvgIpc) is 2.36. The molecule has 0 heterocycles. The number of anilines is 1. The fourth-order valence-electron chi connectivity index (χ4n) is 1.36. The molecule has 4 nitrogen and oxygen atoms in total. The number of rotatable bonds is 6. The first-order valence-electron chi connectivity index (χ1n) is 5.50. The molecule has 1 aromatic carbocycles. The molecule has 0 radical (unpaired) electrons. The molecule has 0 aliphatic carbocycles. The summed E-state index contributed by atoms with van der Waals surface area (Å²) in [6.07, 6.45) is 1.71. The molecule has 0 atom stereocenters. The van der Waals surface area contributed by atoms with Crippen LogP contribution in [-0.4, -0.2) is 18.2 Å². The molecular weight excluding hydrogens is 235 g/mol. The fourth-order valence-corrected chi connectivity index (χ4v) is 1.36. The summed E-state index contributed by atoms with van der Waals surface area (Å²) in [5.41, 5.74) is 5.60. The Morgan fingerprint density at radius 2 is 2.11 bits per heavy atom. The molecule has 1 aromatic rings. The second-order valence-corrected chi connectivity index (χ2v) is 3.75. The zero-order valence-electron chi connectivity index (χ0n) is 9.91. The lowest BCUT2D eigenvalue weighted by Gasteiger charge is -2.04. The van der Waals surface area contributed by atoms with Gasteiger partial charge in [0, 0.05) is 24.9 Å². The van der Waals surface area contributed by atoms with Gasteiger partial charge in [-0.2, -0.15) is 0 Å². The summed E-state index contributed by atoms with van der Waals surface area (Å²) in [5.74, 6) is -1.02. The molecule has 18 heavy (non-hydrogen) atoms. The fraction of sp³-hybridized carbons (Fsp3) is 0.231. The lowest BCUT2D eigenvalue weighted by Crippen LogP contribution is -2.23. The van der Waals surface area contributed by atoms with Gasteiger partial charge in [0.2, 0.25) is 5.91 Å². The number of nitrogens with one attached hydrogen (secondary N) is 1. The number of carbonyl (C=O) groups excluding carboxylic acids is 2. The Balaban J connectivity index is 2.52. The summed E-state index contributed by atoms with van der Waals surface area (Å²) >= 11 is 0. The van der Waals surface area contributed by atoms with E-state index in [0.717, 1.165) is 6.07 Å². The molecule has 1 amide bonds. The second-order valence-electron chi connectivity index (χ2n) is 3.75. The van der Waals surface area contributed by atoms with Crippen LogP contribution in [0.15, 0.2) is 30.9 Å². The van der Waals surface area contributed by atoms with E-state index < -0.39 is 5.82 Å². The molecule has 5 heteroatoms. The van der Waals surface area contributed by atoms with Gasteiger partial charge in [-0.05, 0) is 18.2 Å². The van der Waals surface area contributed by atoms with E-state index in [0.29, 0.717) is 12.1 Å². The van der Waals surface area contributed by atoms with Crippen molar-refractivity contribution < 1.29 is 14.0 Å². The molecule has 0 aromatic heterocycles. The molecule has 0 unspecified atom stereocenters. The number of nitrogen functional groups attached to an aromatic ring is 1. The second kappa shape index (κ2) is 6.54. The van der Waals surface area contributed by atoms with E-state index >= 15 is 0 Å². The summed E-state index contributed by atoms with van der Waals surface area (Å²) in [7, 11) is 0. The highest BCUT2D eigenvalue weighted by atomic mass is 19.1. The lowest BCUT2D eigenvalue weighted by atomic mass is 10.1. The van der Waals surface area contributed by atoms with Gasteiger partial charge < -0.3 is 11.1 Å². The predicted molar refractivity (Wildman–Crippen MR) is 67.6 cm³/mol. The minimum Gasteiger partial charge on any atom is -0.396 e. The van der Waals surface area contributed by atoms with Crippen molar-refractivity contribution in [3.8, 4) is 0 Å². The number of nitrogens with two attached hydrogens (primary N) is 1. The van der Waals surface area contributed by atoms with Gasteiger partial charge >= 0.3 is 0 Å². The van der Waals surface area contributed by atoms with Gasteiger partial charge in [0.15, 0.2) is 5.78 Å². The molecule has 0 bridgehead atoms. The van der Waals surface area contributed by atoms with Crippen molar-refractivity contribution in [1.29, 1.82) is 0 Å². The van der Waals surface area contributed by atoms with E-state index in [-0.39, 0.29) is 30.2 Å². The number of amides is 1. The number of Topliss-reactive ketones (excluding diaryl/α,β-unsaturated/α-hetero) is 1. The van der Waals surface area contributed by atoms with Crippen molar-refractivity contribution in [1.82, 2.24) is 5.32 Å². The highest BCUT2D eigenvalue weighted by molar-refractivity contribution is 5.98. The number of hydrogen-bond acceptors (Lipinski definition) is 3. The quantitative estimate of drug-likeness (QED) is 0.458. The molecule has 0 fully saturated rings. The Hall–Kier alpha value is -2.17. The molecule has 0 aliphatic heterocycles. The third kappa shape index (κ3) is 4.01. The van der Waals surface area contributed by atoms with Crippen molar-refractivity contribution in [2.45, 2.75) is 12.8 Å². The van der Waals surface area contributed by atoms with Crippen molar-refractivity contribution in [2.24, 2.45) is 0 Å². The Kier molecular flexibility index (Phi) is 5.05. The summed E-state index contributed by atoms with van der Waals surface area (Å²) < 4.78 is 12.9. The number of benzene rings is 1. The van der Waals surface area contributed by atoms with Crippen molar-refractivity contribution >= 4 is 17.4 Å². The Bertz CT molecular complexity index is 472. The van der Waals surface area contributed by atoms with E-state index in [2.05, 4.69) is 11.9 Å². The number of halogens is 1. The van der Waals surface area contributed by atoms with E-state index in [1.165, 1.54) is 12.1 Å². The van der Waals surface area contributed by atoms with Gasteiger partial charge in [0.25, 0.3) is 0 Å². The number of ketones is 1. The zero-order chi connectivity index (χ0) is 13.5. The van der Waals surface area contributed by atoms with Crippen LogP contribution >= 0.6 is 0 Å². The van der Waals surface area contributed by atoms with Gasteiger partial charge in [-0.25, -0.2) is 4.39 Å². The van der Waals surface area contributed by atoms with Crippen LogP contribution in [0.3, 0.4) is 0 Å². The molecule has 3 N–H and O–H groups in total. The van der Waals surface area contributed by atoms with E-state index in [1.807, 2.05) is 0 Å². The minimum atomic E-state index is -0.560. The van der Waals surface area contributed by atoms with Crippen LogP contribution in [0.1, 0.15) is 23.2 Å². The zero-order valence-corrected chi connectivity index (χ0v) is 9.91. The molecule has 1 rings (SSSR count). The van der Waals surface area contributed by atoms with Crippen LogP contribution in [0.25, 0.3) is 0 Å². The first kappa shape index (κ1) is 13.9. The van der Waals surface area contributed by atoms with Crippen LogP contribution in [0, 0.1) is 5.82 Å². The Labute approximate surface area is 105 Å². The topological polar surface area (TPSA) is 72.2 Å². The maximum absolute atomic E-state index is 12.9. The van der Waals surface area contributed by atoms with E-state index in [1.54, 1.807) is 6.08 Å². The molecular formula is C13H15FN2O2. The van der Waals surface area contributed by atoms with Gasteiger partial charge in [-0.15, -0.1) is 6.58 Å². The van der Waals surface area contributed by atoms with Gasteiger partial charge in [0.05, 0.1) is 5.69 Å². The summed E-state index contributed by atoms with van der Waals surface area (Å²) in [5, 5.41) is 2.57. The largest absolute Gasteiger partial charge is 0.396 e. The third-order valence-electron chi connectivity index (χ3n) is 2.34. The lowest BCUT2D eigenvalue weighted by molar-refractivity contribution is -0.120. The molecule has 0 saturated carbocycles. The minimum absolute atomic E-state index is 0.0635. The normalized spacial score (nSPS) is 9.83.